The zero-order valence-corrected chi connectivity index (χ0v) is 17.2. The van der Waals surface area contributed by atoms with Gasteiger partial charge in [0.25, 0.3) is 5.91 Å². The number of Topliss-reactive ketones (excluding diaryl/α,β-unsaturated/α-hetero) is 1. The maximum atomic E-state index is 12.4. The number of ketones is 1. The molecule has 1 saturated heterocycles. The molecule has 31 heavy (non-hydrogen) atoms. The van der Waals surface area contributed by atoms with Crippen LogP contribution in [0.5, 0.6) is 0 Å². The minimum Gasteiger partial charge on any atom is -0.378 e. The summed E-state index contributed by atoms with van der Waals surface area (Å²) >= 11 is 0. The fourth-order valence-corrected chi connectivity index (χ4v) is 3.26. The molecule has 0 saturated carbocycles. The topological polar surface area (TPSA) is 96.5 Å². The van der Waals surface area contributed by atoms with E-state index in [4.69, 9.17) is 4.74 Å². The van der Waals surface area contributed by atoms with Crippen LogP contribution in [0, 0.1) is 0 Å². The lowest BCUT2D eigenvalue weighted by Gasteiger charge is -2.28. The van der Waals surface area contributed by atoms with E-state index in [0.717, 1.165) is 24.5 Å². The third-order valence-corrected chi connectivity index (χ3v) is 4.99. The predicted octanol–water partition coefficient (Wildman–Crippen LogP) is 3.51. The molecule has 0 radical (unpaired) electrons. The second-order valence-corrected chi connectivity index (χ2v) is 7.19. The Balaban J connectivity index is 1.38. The quantitative estimate of drug-likeness (QED) is 0.593. The van der Waals surface area contributed by atoms with Crippen LogP contribution in [0.25, 0.3) is 0 Å². The summed E-state index contributed by atoms with van der Waals surface area (Å²) in [6.45, 7) is 4.57. The first-order valence-electron chi connectivity index (χ1n) is 10.0. The highest BCUT2D eigenvalue weighted by molar-refractivity contribution is 6.05. The number of amides is 1. The number of hydrogen-bond acceptors (Lipinski definition) is 7. The SMILES string of the molecule is CC(=O)c1ccc(C(=O)Nc2ccc(Nc3cc(N4CCOCC4)cnn3)cc2)cc1. The number of nitrogens with one attached hydrogen (secondary N) is 2. The minimum absolute atomic E-state index is 0.0322. The second kappa shape index (κ2) is 9.36. The summed E-state index contributed by atoms with van der Waals surface area (Å²) in [5.74, 6) is 0.376. The van der Waals surface area contributed by atoms with E-state index in [1.54, 1.807) is 30.5 Å². The summed E-state index contributed by atoms with van der Waals surface area (Å²) in [7, 11) is 0. The van der Waals surface area contributed by atoms with E-state index < -0.39 is 0 Å². The lowest BCUT2D eigenvalue weighted by molar-refractivity contribution is 0.101. The van der Waals surface area contributed by atoms with Crippen LogP contribution in [0.4, 0.5) is 22.9 Å². The van der Waals surface area contributed by atoms with E-state index >= 15 is 0 Å². The molecule has 4 rings (SSSR count). The smallest absolute Gasteiger partial charge is 0.255 e. The highest BCUT2D eigenvalue weighted by Gasteiger charge is 2.12. The summed E-state index contributed by atoms with van der Waals surface area (Å²) < 4.78 is 5.39. The molecule has 0 bridgehead atoms. The summed E-state index contributed by atoms with van der Waals surface area (Å²) in [5.41, 5.74) is 3.56. The van der Waals surface area contributed by atoms with E-state index in [2.05, 4.69) is 25.7 Å². The highest BCUT2D eigenvalue weighted by atomic mass is 16.5. The first-order valence-corrected chi connectivity index (χ1v) is 10.0. The number of carbonyl (C=O) groups is 2. The number of aromatic nitrogens is 2. The molecular weight excluding hydrogens is 394 g/mol. The highest BCUT2D eigenvalue weighted by Crippen LogP contribution is 2.22. The van der Waals surface area contributed by atoms with E-state index in [0.29, 0.717) is 35.8 Å². The molecule has 1 aliphatic rings. The summed E-state index contributed by atoms with van der Waals surface area (Å²) in [5, 5.41) is 14.3. The van der Waals surface area contributed by atoms with Crippen LogP contribution in [0.15, 0.2) is 60.8 Å². The van der Waals surface area contributed by atoms with Crippen LogP contribution in [0.2, 0.25) is 0 Å². The molecule has 0 unspecified atom stereocenters. The molecule has 1 amide bonds. The zero-order chi connectivity index (χ0) is 21.6. The molecule has 2 N–H and O–H groups in total. The molecule has 1 fully saturated rings. The van der Waals surface area contributed by atoms with Gasteiger partial charge in [0.2, 0.25) is 0 Å². The third-order valence-electron chi connectivity index (χ3n) is 4.99. The lowest BCUT2D eigenvalue weighted by atomic mass is 10.1. The minimum atomic E-state index is -0.236. The van der Waals surface area contributed by atoms with Gasteiger partial charge in [-0.25, -0.2) is 0 Å². The van der Waals surface area contributed by atoms with Crippen LogP contribution in [-0.2, 0) is 4.74 Å². The fraction of sp³-hybridized carbons (Fsp3) is 0.217. The van der Waals surface area contributed by atoms with Crippen molar-refractivity contribution >= 4 is 34.6 Å². The van der Waals surface area contributed by atoms with Gasteiger partial charge in [0.15, 0.2) is 11.6 Å². The van der Waals surface area contributed by atoms with Gasteiger partial charge in [0.1, 0.15) is 0 Å². The third kappa shape index (κ3) is 5.23. The number of hydrogen-bond donors (Lipinski definition) is 2. The van der Waals surface area contributed by atoms with Gasteiger partial charge in [-0.3, -0.25) is 9.59 Å². The van der Waals surface area contributed by atoms with Gasteiger partial charge < -0.3 is 20.3 Å². The van der Waals surface area contributed by atoms with Gasteiger partial charge >= 0.3 is 0 Å². The van der Waals surface area contributed by atoms with Crippen LogP contribution in [0.3, 0.4) is 0 Å². The molecule has 0 aliphatic carbocycles. The number of nitrogens with zero attached hydrogens (tertiary/aromatic N) is 3. The lowest BCUT2D eigenvalue weighted by Crippen LogP contribution is -2.36. The van der Waals surface area contributed by atoms with E-state index in [1.165, 1.54) is 6.92 Å². The summed E-state index contributed by atoms with van der Waals surface area (Å²) in [6, 6.07) is 15.9. The molecule has 8 nitrogen and oxygen atoms in total. The Bertz CT molecular complexity index is 1060. The molecule has 8 heteroatoms. The average molecular weight is 417 g/mol. The van der Waals surface area contributed by atoms with E-state index in [-0.39, 0.29) is 11.7 Å². The molecule has 0 atom stereocenters. The largest absolute Gasteiger partial charge is 0.378 e. The Labute approximate surface area is 180 Å². The van der Waals surface area contributed by atoms with Crippen LogP contribution in [-0.4, -0.2) is 48.2 Å². The first-order chi connectivity index (χ1) is 15.1. The molecule has 1 aromatic heterocycles. The fourth-order valence-electron chi connectivity index (χ4n) is 3.26. The Morgan fingerprint density at radius 2 is 1.58 bits per heavy atom. The van der Waals surface area contributed by atoms with Crippen molar-refractivity contribution in [2.75, 3.05) is 41.8 Å². The number of anilines is 4. The number of morpholine rings is 1. The normalized spacial score (nSPS) is 13.5. The molecule has 2 aromatic carbocycles. The van der Waals surface area contributed by atoms with Crippen molar-refractivity contribution in [3.63, 3.8) is 0 Å². The van der Waals surface area contributed by atoms with Crippen molar-refractivity contribution < 1.29 is 14.3 Å². The Kier molecular flexibility index (Phi) is 6.18. The molecular formula is C23H23N5O3. The molecule has 0 spiro atoms. The molecule has 3 aromatic rings. The van der Waals surface area contributed by atoms with Crippen molar-refractivity contribution in [3.8, 4) is 0 Å². The Morgan fingerprint density at radius 1 is 0.935 bits per heavy atom. The van der Waals surface area contributed by atoms with Crippen molar-refractivity contribution in [2.45, 2.75) is 6.92 Å². The van der Waals surface area contributed by atoms with Crippen molar-refractivity contribution in [2.24, 2.45) is 0 Å². The van der Waals surface area contributed by atoms with Gasteiger partial charge in [-0.05, 0) is 43.3 Å². The average Bonchev–Trinajstić information content (AvgIpc) is 2.81. The van der Waals surface area contributed by atoms with Gasteiger partial charge in [0, 0.05) is 41.7 Å². The molecule has 1 aliphatic heterocycles. The number of rotatable bonds is 6. The van der Waals surface area contributed by atoms with Gasteiger partial charge in [-0.2, -0.15) is 5.10 Å². The van der Waals surface area contributed by atoms with Crippen LogP contribution >= 0.6 is 0 Å². The number of carbonyl (C=O) groups excluding carboxylic acids is 2. The van der Waals surface area contributed by atoms with E-state index in [9.17, 15) is 9.59 Å². The van der Waals surface area contributed by atoms with Crippen LogP contribution < -0.4 is 15.5 Å². The van der Waals surface area contributed by atoms with Crippen molar-refractivity contribution in [3.05, 3.63) is 71.9 Å². The number of benzene rings is 2. The monoisotopic (exact) mass is 417 g/mol. The van der Waals surface area contributed by atoms with E-state index in [1.807, 2.05) is 30.3 Å². The second-order valence-electron chi connectivity index (χ2n) is 7.19. The summed E-state index contributed by atoms with van der Waals surface area (Å²) in [4.78, 5) is 26.0. The van der Waals surface area contributed by atoms with Gasteiger partial charge in [-0.1, -0.05) is 12.1 Å². The standard InChI is InChI=1S/C23H23N5O3/c1-16(29)17-2-4-18(5-3-17)23(30)26-20-8-6-19(7-9-20)25-22-14-21(15-24-27-22)28-10-12-31-13-11-28/h2-9,14-15H,10-13H2,1H3,(H,25,27)(H,26,30). The Morgan fingerprint density at radius 3 is 2.26 bits per heavy atom. The zero-order valence-electron chi connectivity index (χ0n) is 17.2. The maximum Gasteiger partial charge on any atom is 0.255 e. The molecule has 2 heterocycles. The Hall–Kier alpha value is -3.78. The summed E-state index contributed by atoms with van der Waals surface area (Å²) in [6.07, 6.45) is 1.75. The van der Waals surface area contributed by atoms with Crippen molar-refractivity contribution in [1.29, 1.82) is 0 Å². The predicted molar refractivity (Wildman–Crippen MR) is 119 cm³/mol. The van der Waals surface area contributed by atoms with Gasteiger partial charge in [-0.15, -0.1) is 5.10 Å². The number of ether oxygens (including phenoxy) is 1. The van der Waals surface area contributed by atoms with Crippen molar-refractivity contribution in [1.82, 2.24) is 10.2 Å². The first kappa shape index (κ1) is 20.5. The van der Waals surface area contributed by atoms with Crippen LogP contribution in [0.1, 0.15) is 27.6 Å². The maximum absolute atomic E-state index is 12.4. The van der Waals surface area contributed by atoms with Gasteiger partial charge in [0.05, 0.1) is 25.1 Å². The molecule has 158 valence electrons.